The first-order chi connectivity index (χ1) is 8.06. The van der Waals surface area contributed by atoms with Crippen molar-refractivity contribution >= 4 is 11.6 Å². The van der Waals surface area contributed by atoms with Gasteiger partial charge in [0, 0.05) is 0 Å². The standard InChI is InChI=1S/C13H17NO3/c1-8(2)5-11(15)9-3-4-12-10(6-9)14-13(16)7-17-12/h3-4,6,8,11,15H,5,7H2,1-2H3,(H,14,16). The molecule has 1 heterocycles. The van der Waals surface area contributed by atoms with Gasteiger partial charge in [0.2, 0.25) is 0 Å². The molecule has 0 saturated heterocycles. The minimum absolute atomic E-state index is 0.0564. The molecule has 1 aromatic rings. The van der Waals surface area contributed by atoms with E-state index in [9.17, 15) is 9.90 Å². The quantitative estimate of drug-likeness (QED) is 0.843. The topological polar surface area (TPSA) is 58.6 Å². The van der Waals surface area contributed by atoms with Crippen molar-refractivity contribution in [3.63, 3.8) is 0 Å². The third-order valence-corrected chi connectivity index (χ3v) is 2.72. The molecule has 4 heteroatoms. The average molecular weight is 235 g/mol. The highest BCUT2D eigenvalue weighted by Crippen LogP contribution is 2.32. The molecule has 0 saturated carbocycles. The molecule has 17 heavy (non-hydrogen) atoms. The minimum Gasteiger partial charge on any atom is -0.482 e. The van der Waals surface area contributed by atoms with E-state index in [1.165, 1.54) is 0 Å². The minimum atomic E-state index is -0.501. The number of benzene rings is 1. The van der Waals surface area contributed by atoms with Gasteiger partial charge in [-0.1, -0.05) is 19.9 Å². The number of ether oxygens (including phenoxy) is 1. The highest BCUT2D eigenvalue weighted by molar-refractivity contribution is 5.95. The van der Waals surface area contributed by atoms with Crippen LogP contribution < -0.4 is 10.1 Å². The number of fused-ring (bicyclic) bond motifs is 1. The Morgan fingerprint density at radius 2 is 2.24 bits per heavy atom. The summed E-state index contributed by atoms with van der Waals surface area (Å²) in [7, 11) is 0. The summed E-state index contributed by atoms with van der Waals surface area (Å²) in [5, 5.41) is 12.7. The molecule has 92 valence electrons. The molecular weight excluding hydrogens is 218 g/mol. The van der Waals surface area contributed by atoms with Gasteiger partial charge in [-0.2, -0.15) is 0 Å². The largest absolute Gasteiger partial charge is 0.482 e. The molecule has 2 rings (SSSR count). The molecule has 0 aromatic heterocycles. The maximum Gasteiger partial charge on any atom is 0.262 e. The number of aliphatic hydroxyl groups excluding tert-OH is 1. The molecule has 1 amide bonds. The summed E-state index contributed by atoms with van der Waals surface area (Å²) in [5.74, 6) is 0.921. The third kappa shape index (κ3) is 2.77. The van der Waals surface area contributed by atoms with E-state index in [0.29, 0.717) is 23.8 Å². The Bertz CT molecular complexity index is 429. The lowest BCUT2D eigenvalue weighted by Gasteiger charge is -2.20. The van der Waals surface area contributed by atoms with E-state index in [1.807, 2.05) is 6.07 Å². The van der Waals surface area contributed by atoms with Crippen molar-refractivity contribution in [3.05, 3.63) is 23.8 Å². The fourth-order valence-corrected chi connectivity index (χ4v) is 1.89. The van der Waals surface area contributed by atoms with Crippen LogP contribution in [-0.4, -0.2) is 17.6 Å². The van der Waals surface area contributed by atoms with Gasteiger partial charge in [0.25, 0.3) is 5.91 Å². The number of aliphatic hydroxyl groups is 1. The number of carbonyl (C=O) groups excluding carboxylic acids is 1. The van der Waals surface area contributed by atoms with Crippen LogP contribution in [0.5, 0.6) is 5.75 Å². The summed E-state index contributed by atoms with van der Waals surface area (Å²) in [4.78, 5) is 11.2. The molecule has 0 fully saturated rings. The summed E-state index contributed by atoms with van der Waals surface area (Å²) in [5.41, 5.74) is 1.45. The predicted molar refractivity (Wildman–Crippen MR) is 65.0 cm³/mol. The Balaban J connectivity index is 2.20. The normalized spacial score (nSPS) is 16.1. The lowest BCUT2D eigenvalue weighted by molar-refractivity contribution is -0.118. The van der Waals surface area contributed by atoms with Crippen LogP contribution >= 0.6 is 0 Å². The van der Waals surface area contributed by atoms with Crippen LogP contribution in [0.15, 0.2) is 18.2 Å². The molecule has 0 bridgehead atoms. The van der Waals surface area contributed by atoms with Crippen molar-refractivity contribution in [2.75, 3.05) is 11.9 Å². The molecule has 1 aliphatic rings. The van der Waals surface area contributed by atoms with E-state index in [2.05, 4.69) is 19.2 Å². The van der Waals surface area contributed by atoms with Gasteiger partial charge in [-0.05, 0) is 30.0 Å². The molecule has 4 nitrogen and oxygen atoms in total. The van der Waals surface area contributed by atoms with Crippen LogP contribution in [-0.2, 0) is 4.79 Å². The number of rotatable bonds is 3. The van der Waals surface area contributed by atoms with E-state index in [0.717, 1.165) is 5.56 Å². The van der Waals surface area contributed by atoms with Crippen LogP contribution in [0.2, 0.25) is 0 Å². The van der Waals surface area contributed by atoms with Crippen molar-refractivity contribution in [1.82, 2.24) is 0 Å². The first-order valence-corrected chi connectivity index (χ1v) is 5.81. The zero-order chi connectivity index (χ0) is 12.4. The molecule has 1 aromatic carbocycles. The van der Waals surface area contributed by atoms with Crippen molar-refractivity contribution in [2.45, 2.75) is 26.4 Å². The van der Waals surface area contributed by atoms with Gasteiger partial charge in [0.15, 0.2) is 6.61 Å². The maximum absolute atomic E-state index is 11.2. The second-order valence-electron chi connectivity index (χ2n) is 4.74. The van der Waals surface area contributed by atoms with Gasteiger partial charge >= 0.3 is 0 Å². The number of amides is 1. The summed E-state index contributed by atoms with van der Waals surface area (Å²) in [6, 6.07) is 5.40. The Hall–Kier alpha value is -1.55. The third-order valence-electron chi connectivity index (χ3n) is 2.72. The van der Waals surface area contributed by atoms with E-state index in [1.54, 1.807) is 12.1 Å². The van der Waals surface area contributed by atoms with Gasteiger partial charge in [0.1, 0.15) is 5.75 Å². The molecule has 1 atom stereocenters. The van der Waals surface area contributed by atoms with Crippen molar-refractivity contribution in [1.29, 1.82) is 0 Å². The number of anilines is 1. The Morgan fingerprint density at radius 1 is 1.47 bits per heavy atom. The second-order valence-corrected chi connectivity index (χ2v) is 4.74. The van der Waals surface area contributed by atoms with Crippen LogP contribution in [0, 0.1) is 5.92 Å². The molecule has 0 aliphatic carbocycles. The number of hydrogen-bond donors (Lipinski definition) is 2. The maximum atomic E-state index is 11.2. The lowest BCUT2D eigenvalue weighted by Crippen LogP contribution is -2.25. The lowest BCUT2D eigenvalue weighted by atomic mass is 9.99. The summed E-state index contributed by atoms with van der Waals surface area (Å²) < 4.78 is 5.26. The smallest absolute Gasteiger partial charge is 0.262 e. The van der Waals surface area contributed by atoms with Crippen LogP contribution in [0.4, 0.5) is 5.69 Å². The highest BCUT2D eigenvalue weighted by Gasteiger charge is 2.18. The van der Waals surface area contributed by atoms with E-state index in [-0.39, 0.29) is 12.5 Å². The van der Waals surface area contributed by atoms with Crippen LogP contribution in [0.3, 0.4) is 0 Å². The molecule has 0 radical (unpaired) electrons. The van der Waals surface area contributed by atoms with E-state index < -0.39 is 6.10 Å². The first-order valence-electron chi connectivity index (χ1n) is 5.81. The predicted octanol–water partition coefficient (Wildman–Crippen LogP) is 2.10. The van der Waals surface area contributed by atoms with Crippen molar-refractivity contribution in [3.8, 4) is 5.75 Å². The van der Waals surface area contributed by atoms with E-state index in [4.69, 9.17) is 4.74 Å². The van der Waals surface area contributed by atoms with Crippen molar-refractivity contribution < 1.29 is 14.6 Å². The zero-order valence-corrected chi connectivity index (χ0v) is 10.1. The number of hydrogen-bond acceptors (Lipinski definition) is 3. The molecule has 0 spiro atoms. The Morgan fingerprint density at radius 3 is 2.94 bits per heavy atom. The van der Waals surface area contributed by atoms with Gasteiger partial charge < -0.3 is 15.2 Å². The van der Waals surface area contributed by atoms with Gasteiger partial charge in [-0.3, -0.25) is 4.79 Å². The summed E-state index contributed by atoms with van der Waals surface area (Å²) >= 11 is 0. The molecule has 2 N–H and O–H groups in total. The first kappa shape index (κ1) is 11.9. The summed E-state index contributed by atoms with van der Waals surface area (Å²) in [6.45, 7) is 4.18. The Kier molecular flexibility index (Phi) is 3.33. The van der Waals surface area contributed by atoms with Crippen LogP contribution in [0.1, 0.15) is 31.9 Å². The molecular formula is C13H17NO3. The van der Waals surface area contributed by atoms with Gasteiger partial charge in [-0.15, -0.1) is 0 Å². The highest BCUT2D eigenvalue weighted by atomic mass is 16.5. The van der Waals surface area contributed by atoms with E-state index >= 15 is 0 Å². The number of nitrogens with one attached hydrogen (secondary N) is 1. The average Bonchev–Trinajstić information content (AvgIpc) is 2.27. The van der Waals surface area contributed by atoms with Crippen molar-refractivity contribution in [2.24, 2.45) is 5.92 Å². The Labute approximate surface area is 101 Å². The van der Waals surface area contributed by atoms with Crippen LogP contribution in [0.25, 0.3) is 0 Å². The second kappa shape index (κ2) is 4.75. The number of carbonyl (C=O) groups is 1. The van der Waals surface area contributed by atoms with Gasteiger partial charge in [0.05, 0.1) is 11.8 Å². The molecule has 1 unspecified atom stereocenters. The SMILES string of the molecule is CC(C)CC(O)c1ccc2c(c1)NC(=O)CO2. The molecule has 1 aliphatic heterocycles. The fraction of sp³-hybridized carbons (Fsp3) is 0.462. The zero-order valence-electron chi connectivity index (χ0n) is 10.1. The fourth-order valence-electron chi connectivity index (χ4n) is 1.89. The summed E-state index contributed by atoms with van der Waals surface area (Å²) in [6.07, 6.45) is 0.201. The van der Waals surface area contributed by atoms with Gasteiger partial charge in [-0.25, -0.2) is 0 Å². The monoisotopic (exact) mass is 235 g/mol.